The van der Waals surface area contributed by atoms with Gasteiger partial charge in [0.15, 0.2) is 0 Å². The Kier molecular flexibility index (Phi) is 7.62. The van der Waals surface area contributed by atoms with Gasteiger partial charge in [-0.1, -0.05) is 19.6 Å². The van der Waals surface area contributed by atoms with Crippen LogP contribution < -0.4 is 10.6 Å². The second-order valence-corrected chi connectivity index (χ2v) is 15.5. The predicted octanol–water partition coefficient (Wildman–Crippen LogP) is 4.98. The lowest BCUT2D eigenvalue weighted by molar-refractivity contribution is -0.115. The first-order valence-electron chi connectivity index (χ1n) is 11.6. The molecule has 0 aliphatic carbocycles. The van der Waals surface area contributed by atoms with Gasteiger partial charge < -0.3 is 24.7 Å². The van der Waals surface area contributed by atoms with Crippen molar-refractivity contribution in [3.05, 3.63) is 30.6 Å². The van der Waals surface area contributed by atoms with Crippen LogP contribution in [0.2, 0.25) is 25.7 Å². The molecule has 1 aliphatic heterocycles. The molecule has 8 nitrogen and oxygen atoms in total. The Labute approximate surface area is 203 Å². The van der Waals surface area contributed by atoms with E-state index in [0.717, 1.165) is 35.8 Å². The maximum Gasteiger partial charge on any atom is 0.405 e. The SMILES string of the molecule is C[Si](C)(C)CCOCn1c(-c2ccnc(NCC(F)(F)F)n2)cc2cnc(N[C@H]3CCOC3)cc21. The summed E-state index contributed by atoms with van der Waals surface area (Å²) < 4.78 is 51.4. The second-order valence-electron chi connectivity index (χ2n) is 9.87. The minimum Gasteiger partial charge on any atom is -0.379 e. The zero-order valence-electron chi connectivity index (χ0n) is 20.2. The lowest BCUT2D eigenvalue weighted by Crippen LogP contribution is -2.22. The highest BCUT2D eigenvalue weighted by Gasteiger charge is 2.27. The minimum atomic E-state index is -4.36. The van der Waals surface area contributed by atoms with Crippen molar-refractivity contribution in [1.82, 2.24) is 19.5 Å². The number of nitrogens with zero attached hydrogens (tertiary/aromatic N) is 4. The molecule has 4 heterocycles. The molecule has 0 radical (unpaired) electrons. The van der Waals surface area contributed by atoms with Gasteiger partial charge in [-0.2, -0.15) is 13.2 Å². The van der Waals surface area contributed by atoms with Crippen molar-refractivity contribution in [2.75, 3.05) is 37.0 Å². The van der Waals surface area contributed by atoms with Crippen molar-refractivity contribution < 1.29 is 22.6 Å². The highest BCUT2D eigenvalue weighted by atomic mass is 28.3. The summed E-state index contributed by atoms with van der Waals surface area (Å²) in [5.74, 6) is 0.647. The number of alkyl halides is 3. The summed E-state index contributed by atoms with van der Waals surface area (Å²) in [4.78, 5) is 12.8. The maximum absolute atomic E-state index is 12.7. The van der Waals surface area contributed by atoms with Crippen molar-refractivity contribution in [3.63, 3.8) is 0 Å². The number of hydrogen-bond donors (Lipinski definition) is 2. The molecule has 4 rings (SSSR count). The normalized spacial score (nSPS) is 16.7. The molecule has 0 spiro atoms. The molecule has 1 aliphatic rings. The third-order valence-electron chi connectivity index (χ3n) is 5.65. The molecule has 3 aromatic rings. The summed E-state index contributed by atoms with van der Waals surface area (Å²) in [5.41, 5.74) is 2.11. The van der Waals surface area contributed by atoms with Crippen molar-refractivity contribution in [2.24, 2.45) is 0 Å². The van der Waals surface area contributed by atoms with E-state index in [1.807, 2.05) is 16.7 Å². The summed E-state index contributed by atoms with van der Waals surface area (Å²) in [6.45, 7) is 7.95. The van der Waals surface area contributed by atoms with E-state index in [-0.39, 0.29) is 18.7 Å². The van der Waals surface area contributed by atoms with Crippen molar-refractivity contribution in [2.45, 2.75) is 51.1 Å². The number of pyridine rings is 1. The van der Waals surface area contributed by atoms with Crippen LogP contribution in [0.4, 0.5) is 24.9 Å². The molecule has 1 saturated heterocycles. The summed E-state index contributed by atoms with van der Waals surface area (Å²) in [7, 11) is -1.26. The van der Waals surface area contributed by atoms with Crippen LogP contribution in [-0.4, -0.2) is 66.2 Å². The van der Waals surface area contributed by atoms with Gasteiger partial charge >= 0.3 is 6.18 Å². The molecule has 190 valence electrons. The first kappa shape index (κ1) is 25.4. The molecule has 0 bridgehead atoms. The number of hydrogen-bond acceptors (Lipinski definition) is 7. The van der Waals surface area contributed by atoms with Crippen LogP contribution in [0.5, 0.6) is 0 Å². The first-order chi connectivity index (χ1) is 16.6. The Hall–Kier alpha value is -2.70. The molecule has 35 heavy (non-hydrogen) atoms. The third kappa shape index (κ3) is 7.15. The Morgan fingerprint density at radius 1 is 1.23 bits per heavy atom. The molecular weight excluding hydrogens is 477 g/mol. The van der Waals surface area contributed by atoms with Gasteiger partial charge in [0.25, 0.3) is 0 Å². The quantitative estimate of drug-likeness (QED) is 0.295. The van der Waals surface area contributed by atoms with E-state index in [1.165, 1.54) is 6.20 Å². The number of anilines is 2. The molecular formula is C23H31F3N6O2Si. The first-order valence-corrected chi connectivity index (χ1v) is 15.3. The number of rotatable bonds is 10. The van der Waals surface area contributed by atoms with Gasteiger partial charge in [-0.05, 0) is 24.6 Å². The average molecular weight is 509 g/mol. The fourth-order valence-corrected chi connectivity index (χ4v) is 4.50. The fraction of sp³-hybridized carbons (Fsp3) is 0.522. The topological polar surface area (TPSA) is 86.1 Å². The Bertz CT molecular complexity index is 1140. The number of ether oxygens (including phenoxy) is 2. The van der Waals surface area contributed by atoms with E-state index in [4.69, 9.17) is 9.47 Å². The molecule has 3 aromatic heterocycles. The van der Waals surface area contributed by atoms with Crippen LogP contribution in [0.15, 0.2) is 30.6 Å². The lowest BCUT2D eigenvalue weighted by atomic mass is 10.2. The average Bonchev–Trinajstić information content (AvgIpc) is 3.42. The number of halogens is 3. The molecule has 0 saturated carbocycles. The molecule has 0 amide bonds. The van der Waals surface area contributed by atoms with E-state index in [9.17, 15) is 13.2 Å². The summed E-state index contributed by atoms with van der Waals surface area (Å²) >= 11 is 0. The minimum absolute atomic E-state index is 0.0852. The van der Waals surface area contributed by atoms with E-state index < -0.39 is 20.8 Å². The Balaban J connectivity index is 1.64. The van der Waals surface area contributed by atoms with Crippen molar-refractivity contribution >= 4 is 30.7 Å². The molecule has 0 aromatic carbocycles. The largest absolute Gasteiger partial charge is 0.405 e. The molecule has 0 unspecified atom stereocenters. The maximum atomic E-state index is 12.7. The molecule has 2 N–H and O–H groups in total. The lowest BCUT2D eigenvalue weighted by Gasteiger charge is -2.17. The van der Waals surface area contributed by atoms with Crippen LogP contribution in [-0.2, 0) is 16.2 Å². The van der Waals surface area contributed by atoms with E-state index in [0.29, 0.717) is 24.6 Å². The zero-order valence-corrected chi connectivity index (χ0v) is 21.2. The van der Waals surface area contributed by atoms with Gasteiger partial charge in [0.2, 0.25) is 5.95 Å². The summed E-state index contributed by atoms with van der Waals surface area (Å²) in [6, 6.07) is 6.79. The smallest absolute Gasteiger partial charge is 0.379 e. The molecule has 1 fully saturated rings. The monoisotopic (exact) mass is 508 g/mol. The molecule has 1 atom stereocenters. The zero-order chi connectivity index (χ0) is 25.1. The van der Waals surface area contributed by atoms with Crippen molar-refractivity contribution in [1.29, 1.82) is 0 Å². The third-order valence-corrected chi connectivity index (χ3v) is 7.35. The van der Waals surface area contributed by atoms with E-state index in [1.54, 1.807) is 12.3 Å². The predicted molar refractivity (Wildman–Crippen MR) is 132 cm³/mol. The van der Waals surface area contributed by atoms with Gasteiger partial charge in [0.1, 0.15) is 19.1 Å². The van der Waals surface area contributed by atoms with Gasteiger partial charge in [0, 0.05) is 45.1 Å². The van der Waals surface area contributed by atoms with Crippen LogP contribution in [0.1, 0.15) is 6.42 Å². The highest BCUT2D eigenvalue weighted by molar-refractivity contribution is 6.76. The summed E-state index contributed by atoms with van der Waals surface area (Å²) in [6.07, 6.45) is -0.224. The van der Waals surface area contributed by atoms with Crippen LogP contribution in [0, 0.1) is 0 Å². The standard InChI is InChI=1S/C23H31F3N6O2Si/c1-35(2,3)9-8-34-15-32-19-11-21(30-17-5-7-33-13-17)28-12-16(19)10-20(32)18-4-6-27-22(31-18)29-14-23(24,25)26/h4,6,10-12,17H,5,7-9,13-15H2,1-3H3,(H,28,30)(H,27,29,31)/t17-/m0/s1. The second kappa shape index (κ2) is 10.5. The summed E-state index contributed by atoms with van der Waals surface area (Å²) in [5, 5.41) is 6.54. The number of fused-ring (bicyclic) bond motifs is 1. The fourth-order valence-electron chi connectivity index (χ4n) is 3.74. The number of nitrogens with one attached hydrogen (secondary N) is 2. The van der Waals surface area contributed by atoms with Gasteiger partial charge in [0.05, 0.1) is 29.6 Å². The van der Waals surface area contributed by atoms with Crippen LogP contribution in [0.3, 0.4) is 0 Å². The molecule has 12 heteroatoms. The van der Waals surface area contributed by atoms with Gasteiger partial charge in [-0.3, -0.25) is 0 Å². The van der Waals surface area contributed by atoms with E-state index in [2.05, 4.69) is 45.2 Å². The van der Waals surface area contributed by atoms with Gasteiger partial charge in [-0.25, -0.2) is 15.0 Å². The van der Waals surface area contributed by atoms with Crippen LogP contribution >= 0.6 is 0 Å². The van der Waals surface area contributed by atoms with Crippen LogP contribution in [0.25, 0.3) is 22.3 Å². The number of aromatic nitrogens is 4. The highest BCUT2D eigenvalue weighted by Crippen LogP contribution is 2.29. The van der Waals surface area contributed by atoms with E-state index >= 15 is 0 Å². The Morgan fingerprint density at radius 2 is 2.06 bits per heavy atom. The van der Waals surface area contributed by atoms with Gasteiger partial charge in [-0.15, -0.1) is 0 Å². The van der Waals surface area contributed by atoms with Crippen molar-refractivity contribution in [3.8, 4) is 11.4 Å². The Morgan fingerprint density at radius 3 is 2.77 bits per heavy atom.